The fourth-order valence-corrected chi connectivity index (χ4v) is 5.98. The third kappa shape index (κ3) is 2.88. The van der Waals surface area contributed by atoms with E-state index in [1.807, 2.05) is 70.0 Å². The second kappa shape index (κ2) is 6.63. The van der Waals surface area contributed by atoms with Gasteiger partial charge in [0.2, 0.25) is 0 Å². The summed E-state index contributed by atoms with van der Waals surface area (Å²) in [5, 5.41) is 9.64. The number of rotatable bonds is 4. The van der Waals surface area contributed by atoms with Crippen LogP contribution in [-0.2, 0) is 4.79 Å². The minimum absolute atomic E-state index is 0.472. The molecule has 1 radical (unpaired) electrons. The third-order valence-corrected chi connectivity index (χ3v) is 7.39. The summed E-state index contributed by atoms with van der Waals surface area (Å²) in [6.45, 7) is 2.96. The molecular formula is C18H20N2O3P. The van der Waals surface area contributed by atoms with Gasteiger partial charge in [0.1, 0.15) is 0 Å². The molecule has 1 fully saturated rings. The maximum atomic E-state index is 11.7. The van der Waals surface area contributed by atoms with E-state index in [2.05, 4.69) is 0 Å². The van der Waals surface area contributed by atoms with E-state index in [0.717, 1.165) is 17.5 Å². The van der Waals surface area contributed by atoms with Crippen molar-refractivity contribution in [3.63, 3.8) is 0 Å². The lowest BCUT2D eigenvalue weighted by Gasteiger charge is -2.43. The maximum absolute atomic E-state index is 11.7. The molecule has 1 aliphatic rings. The SMILES string of the molecule is CC(=CC(=O)O)[P]1(O)N(c2ccccc2)CCN1c1ccccc1. The van der Waals surface area contributed by atoms with E-state index < -0.39 is 13.8 Å². The molecule has 0 saturated carbocycles. The first-order chi connectivity index (χ1) is 11.5. The van der Waals surface area contributed by atoms with Crippen molar-refractivity contribution in [2.24, 2.45) is 0 Å². The summed E-state index contributed by atoms with van der Waals surface area (Å²) in [6, 6.07) is 19.3. The van der Waals surface area contributed by atoms with Crippen LogP contribution < -0.4 is 9.34 Å². The quantitative estimate of drug-likeness (QED) is 0.654. The van der Waals surface area contributed by atoms with Crippen LogP contribution in [0.2, 0.25) is 0 Å². The zero-order valence-corrected chi connectivity index (χ0v) is 14.3. The van der Waals surface area contributed by atoms with E-state index in [-0.39, 0.29) is 0 Å². The monoisotopic (exact) mass is 343 g/mol. The number of carboxylic acid groups (broad SMARTS) is 1. The van der Waals surface area contributed by atoms with Gasteiger partial charge in [-0.25, -0.2) is 4.79 Å². The van der Waals surface area contributed by atoms with Crippen molar-refractivity contribution in [3.8, 4) is 0 Å². The number of allylic oxidation sites excluding steroid dienone is 1. The molecule has 125 valence electrons. The first kappa shape index (κ1) is 16.5. The lowest BCUT2D eigenvalue weighted by molar-refractivity contribution is -0.131. The van der Waals surface area contributed by atoms with E-state index in [1.54, 1.807) is 6.92 Å². The average molecular weight is 343 g/mol. The van der Waals surface area contributed by atoms with Crippen molar-refractivity contribution < 1.29 is 14.8 Å². The molecule has 2 N–H and O–H groups in total. The Morgan fingerprint density at radius 1 is 0.958 bits per heavy atom. The summed E-state index contributed by atoms with van der Waals surface area (Å²) in [7, 11) is -2.98. The van der Waals surface area contributed by atoms with E-state index >= 15 is 0 Å². The molecule has 1 saturated heterocycles. The molecule has 24 heavy (non-hydrogen) atoms. The van der Waals surface area contributed by atoms with Gasteiger partial charge in [0.05, 0.1) is 0 Å². The van der Waals surface area contributed by atoms with Crippen LogP contribution in [0.5, 0.6) is 0 Å². The first-order valence-electron chi connectivity index (χ1n) is 7.73. The van der Waals surface area contributed by atoms with E-state index in [0.29, 0.717) is 18.4 Å². The molecule has 6 heteroatoms. The van der Waals surface area contributed by atoms with Crippen molar-refractivity contribution in [2.45, 2.75) is 6.92 Å². The third-order valence-electron chi connectivity index (χ3n) is 4.11. The zero-order valence-electron chi connectivity index (χ0n) is 13.4. The lowest BCUT2D eigenvalue weighted by Crippen LogP contribution is -2.25. The van der Waals surface area contributed by atoms with Gasteiger partial charge in [-0.05, 0) is 31.2 Å². The Morgan fingerprint density at radius 3 is 1.75 bits per heavy atom. The molecule has 0 unspecified atom stereocenters. The Labute approximate surface area is 142 Å². The molecule has 1 aliphatic heterocycles. The Kier molecular flexibility index (Phi) is 4.56. The lowest BCUT2D eigenvalue weighted by atomic mass is 10.3. The van der Waals surface area contributed by atoms with Gasteiger partial charge in [0.15, 0.2) is 7.79 Å². The average Bonchev–Trinajstić information content (AvgIpc) is 2.94. The summed E-state index contributed by atoms with van der Waals surface area (Å²) in [5.41, 5.74) is 1.79. The van der Waals surface area contributed by atoms with Crippen LogP contribution >= 0.6 is 7.79 Å². The van der Waals surface area contributed by atoms with Crippen molar-refractivity contribution in [2.75, 3.05) is 22.4 Å². The summed E-state index contributed by atoms with van der Waals surface area (Å²) in [4.78, 5) is 22.9. The van der Waals surface area contributed by atoms with Crippen LogP contribution in [-0.4, -0.2) is 29.1 Å². The Bertz CT molecular complexity index is 702. The highest BCUT2D eigenvalue weighted by atomic mass is 31.2. The van der Waals surface area contributed by atoms with Crippen molar-refractivity contribution in [1.29, 1.82) is 0 Å². The molecule has 0 bridgehead atoms. The number of hydrogen-bond acceptors (Lipinski definition) is 4. The predicted octanol–water partition coefficient (Wildman–Crippen LogP) is 3.76. The fourth-order valence-electron chi connectivity index (χ4n) is 3.03. The Balaban J connectivity index is 2.10. The summed E-state index contributed by atoms with van der Waals surface area (Å²) >= 11 is 0. The highest BCUT2D eigenvalue weighted by molar-refractivity contribution is 7.77. The largest absolute Gasteiger partial charge is 0.478 e. The predicted molar refractivity (Wildman–Crippen MR) is 98.1 cm³/mol. The maximum Gasteiger partial charge on any atom is 0.328 e. The van der Waals surface area contributed by atoms with Crippen molar-refractivity contribution in [1.82, 2.24) is 0 Å². The number of anilines is 2. The number of para-hydroxylation sites is 2. The van der Waals surface area contributed by atoms with Gasteiger partial charge in [0.25, 0.3) is 0 Å². The van der Waals surface area contributed by atoms with Gasteiger partial charge in [-0.15, -0.1) is 0 Å². The number of carbonyl (C=O) groups is 1. The molecule has 0 aliphatic carbocycles. The van der Waals surface area contributed by atoms with E-state index in [1.165, 1.54) is 0 Å². The summed E-state index contributed by atoms with van der Waals surface area (Å²) in [6.07, 6.45) is 1.12. The van der Waals surface area contributed by atoms with Gasteiger partial charge in [-0.1, -0.05) is 36.4 Å². The molecule has 0 amide bonds. The smallest absolute Gasteiger partial charge is 0.328 e. The molecule has 1 heterocycles. The zero-order chi connectivity index (χ0) is 17.2. The van der Waals surface area contributed by atoms with Crippen LogP contribution in [0, 0.1) is 0 Å². The van der Waals surface area contributed by atoms with Gasteiger partial charge in [-0.2, -0.15) is 0 Å². The Morgan fingerprint density at radius 2 is 1.38 bits per heavy atom. The molecule has 2 aromatic rings. The first-order valence-corrected chi connectivity index (χ1v) is 9.38. The highest BCUT2D eigenvalue weighted by Crippen LogP contribution is 2.71. The minimum atomic E-state index is -2.98. The molecule has 3 rings (SSSR count). The van der Waals surface area contributed by atoms with Gasteiger partial charge in [-0.3, -0.25) is 0 Å². The Hall–Kier alpha value is -2.36. The number of hydrogen-bond donors (Lipinski definition) is 2. The molecule has 0 spiro atoms. The topological polar surface area (TPSA) is 64.0 Å². The van der Waals surface area contributed by atoms with Crippen LogP contribution in [0.4, 0.5) is 11.4 Å². The molecule has 0 aromatic heterocycles. The molecule has 0 atom stereocenters. The minimum Gasteiger partial charge on any atom is -0.478 e. The van der Waals surface area contributed by atoms with E-state index in [4.69, 9.17) is 5.11 Å². The van der Waals surface area contributed by atoms with Crippen LogP contribution in [0.25, 0.3) is 0 Å². The van der Waals surface area contributed by atoms with Crippen molar-refractivity contribution in [3.05, 3.63) is 72.1 Å². The number of benzene rings is 2. The number of nitrogens with zero attached hydrogens (tertiary/aromatic N) is 2. The van der Waals surface area contributed by atoms with E-state index in [9.17, 15) is 9.69 Å². The summed E-state index contributed by atoms with van der Waals surface area (Å²) in [5.74, 6) is -1.05. The molecule has 2 aromatic carbocycles. The van der Waals surface area contributed by atoms with Crippen molar-refractivity contribution >= 4 is 25.1 Å². The van der Waals surface area contributed by atoms with Crippen LogP contribution in [0.1, 0.15) is 6.92 Å². The second-order valence-corrected chi connectivity index (χ2v) is 8.42. The van der Waals surface area contributed by atoms with Gasteiger partial charge >= 0.3 is 5.97 Å². The molecular weight excluding hydrogens is 323 g/mol. The van der Waals surface area contributed by atoms with Gasteiger partial charge < -0.3 is 19.3 Å². The highest BCUT2D eigenvalue weighted by Gasteiger charge is 2.46. The second-order valence-electron chi connectivity index (χ2n) is 5.61. The van der Waals surface area contributed by atoms with Crippen LogP contribution in [0.3, 0.4) is 0 Å². The molecule has 5 nitrogen and oxygen atoms in total. The standard InChI is InChI=1S/C18H20N2O3P/c1-15(14-18(21)22)24(23)19(16-8-4-2-5-9-16)12-13-20(24)17-10-6-3-7-11-17/h2-11,14,23H,12-13H2,1H3,(H,21,22). The van der Waals surface area contributed by atoms with Gasteiger partial charge in [0, 0.05) is 35.9 Å². The van der Waals surface area contributed by atoms with Crippen LogP contribution in [0.15, 0.2) is 72.1 Å². The number of aliphatic carboxylic acids is 1. The number of carboxylic acids is 1. The summed E-state index contributed by atoms with van der Waals surface area (Å²) < 4.78 is 3.88. The normalized spacial score (nSPS) is 17.2. The fraction of sp³-hybridized carbons (Fsp3) is 0.167.